The molecule has 110 valence electrons. The number of fused-ring (bicyclic) bond motifs is 1. The molecule has 0 aliphatic heterocycles. The highest BCUT2D eigenvalue weighted by Gasteiger charge is 2.26. The predicted octanol–water partition coefficient (Wildman–Crippen LogP) is 2.52. The lowest BCUT2D eigenvalue weighted by Crippen LogP contribution is -2.28. The van der Waals surface area contributed by atoms with Gasteiger partial charge in [0.2, 0.25) is 5.82 Å². The van der Waals surface area contributed by atoms with E-state index in [1.54, 1.807) is 0 Å². The van der Waals surface area contributed by atoms with Crippen molar-refractivity contribution in [2.45, 2.75) is 45.1 Å². The van der Waals surface area contributed by atoms with Crippen molar-refractivity contribution in [3.63, 3.8) is 0 Å². The lowest BCUT2D eigenvalue weighted by molar-refractivity contribution is 0.0926. The number of hydrogen-bond acceptors (Lipinski definition) is 3. The summed E-state index contributed by atoms with van der Waals surface area (Å²) < 4.78 is 0. The van der Waals surface area contributed by atoms with E-state index in [1.165, 1.54) is 11.1 Å². The third-order valence-electron chi connectivity index (χ3n) is 3.84. The van der Waals surface area contributed by atoms with Gasteiger partial charge in [-0.1, -0.05) is 45.0 Å². The molecule has 0 radical (unpaired) electrons. The van der Waals surface area contributed by atoms with Gasteiger partial charge in [0.15, 0.2) is 0 Å². The number of H-pyrrole nitrogens is 1. The van der Waals surface area contributed by atoms with Crippen molar-refractivity contribution in [2.24, 2.45) is 0 Å². The molecule has 1 aliphatic rings. The van der Waals surface area contributed by atoms with Crippen LogP contribution in [0.1, 0.15) is 60.8 Å². The van der Waals surface area contributed by atoms with Gasteiger partial charge in [-0.3, -0.25) is 9.89 Å². The van der Waals surface area contributed by atoms with E-state index in [0.29, 0.717) is 0 Å². The Labute approximate surface area is 124 Å². The fraction of sp³-hybridized carbons (Fsp3) is 0.438. The third kappa shape index (κ3) is 2.68. The van der Waals surface area contributed by atoms with Gasteiger partial charge >= 0.3 is 0 Å². The Hall–Kier alpha value is -2.17. The van der Waals surface area contributed by atoms with Crippen LogP contribution in [0.2, 0.25) is 0 Å². The summed E-state index contributed by atoms with van der Waals surface area (Å²) in [6.45, 7) is 6.09. The van der Waals surface area contributed by atoms with Gasteiger partial charge in [-0.15, -0.1) is 5.10 Å². The van der Waals surface area contributed by atoms with Gasteiger partial charge in [0.1, 0.15) is 5.82 Å². The number of hydrogen-bond donors (Lipinski definition) is 2. The maximum absolute atomic E-state index is 12.3. The van der Waals surface area contributed by atoms with Crippen molar-refractivity contribution < 1.29 is 4.79 Å². The van der Waals surface area contributed by atoms with Crippen LogP contribution in [0.3, 0.4) is 0 Å². The Balaban J connectivity index is 1.75. The zero-order valence-electron chi connectivity index (χ0n) is 12.6. The topological polar surface area (TPSA) is 70.7 Å². The van der Waals surface area contributed by atoms with Gasteiger partial charge < -0.3 is 5.32 Å². The van der Waals surface area contributed by atoms with Crippen LogP contribution < -0.4 is 5.32 Å². The second-order valence-corrected chi connectivity index (χ2v) is 6.52. The molecule has 0 bridgehead atoms. The van der Waals surface area contributed by atoms with Crippen molar-refractivity contribution in [3.8, 4) is 0 Å². The average molecular weight is 284 g/mol. The summed E-state index contributed by atoms with van der Waals surface area (Å²) in [4.78, 5) is 16.6. The van der Waals surface area contributed by atoms with E-state index in [1.807, 2.05) is 32.9 Å². The molecule has 1 atom stereocenters. The van der Waals surface area contributed by atoms with Crippen molar-refractivity contribution in [1.29, 1.82) is 0 Å². The number of nitrogens with zero attached hydrogens (tertiary/aromatic N) is 2. The molecule has 2 aromatic rings. The van der Waals surface area contributed by atoms with E-state index in [-0.39, 0.29) is 23.2 Å². The third-order valence-corrected chi connectivity index (χ3v) is 3.84. The number of rotatable bonds is 2. The normalized spacial score (nSPS) is 17.6. The van der Waals surface area contributed by atoms with E-state index in [4.69, 9.17) is 0 Å². The first-order valence-electron chi connectivity index (χ1n) is 7.27. The minimum Gasteiger partial charge on any atom is -0.342 e. The summed E-state index contributed by atoms with van der Waals surface area (Å²) in [5.74, 6) is 0.715. The molecule has 0 saturated carbocycles. The summed E-state index contributed by atoms with van der Waals surface area (Å²) in [7, 11) is 0. The van der Waals surface area contributed by atoms with Gasteiger partial charge in [-0.25, -0.2) is 4.98 Å². The van der Waals surface area contributed by atoms with Gasteiger partial charge in [-0.05, 0) is 24.0 Å². The van der Waals surface area contributed by atoms with Crippen molar-refractivity contribution in [1.82, 2.24) is 20.5 Å². The molecular weight excluding hydrogens is 264 g/mol. The van der Waals surface area contributed by atoms with Gasteiger partial charge in [0.25, 0.3) is 5.91 Å². The summed E-state index contributed by atoms with van der Waals surface area (Å²) in [6, 6.07) is 8.30. The van der Waals surface area contributed by atoms with Gasteiger partial charge in [0.05, 0.1) is 6.04 Å². The van der Waals surface area contributed by atoms with E-state index >= 15 is 0 Å². The first-order chi connectivity index (χ1) is 9.95. The van der Waals surface area contributed by atoms with E-state index in [0.717, 1.165) is 18.7 Å². The molecule has 1 amide bonds. The second kappa shape index (κ2) is 4.98. The van der Waals surface area contributed by atoms with Crippen LogP contribution in [0, 0.1) is 0 Å². The maximum Gasteiger partial charge on any atom is 0.291 e. The Bertz CT molecular complexity index is 669. The number of aryl methyl sites for hydroxylation is 1. The SMILES string of the molecule is CC(C)(C)c1nc(C(=O)NC2CCc3ccccc32)n[nH]1. The molecule has 21 heavy (non-hydrogen) atoms. The standard InChI is InChI=1S/C16H20N4O/c1-16(2,3)15-18-13(19-20-15)14(21)17-12-9-8-10-6-4-5-7-11(10)12/h4-7,12H,8-9H2,1-3H3,(H,17,21)(H,18,19,20). The highest BCUT2D eigenvalue weighted by molar-refractivity contribution is 5.90. The first kappa shape index (κ1) is 13.8. The summed E-state index contributed by atoms with van der Waals surface area (Å²) in [5.41, 5.74) is 2.37. The summed E-state index contributed by atoms with van der Waals surface area (Å²) in [5, 5.41) is 9.91. The molecule has 0 spiro atoms. The molecule has 1 unspecified atom stereocenters. The van der Waals surface area contributed by atoms with Crippen LogP contribution in [0.15, 0.2) is 24.3 Å². The molecule has 0 fully saturated rings. The molecule has 3 rings (SSSR count). The number of nitrogens with one attached hydrogen (secondary N) is 2. The second-order valence-electron chi connectivity index (χ2n) is 6.52. The Morgan fingerprint density at radius 3 is 2.81 bits per heavy atom. The number of carbonyl (C=O) groups excluding carboxylic acids is 1. The highest BCUT2D eigenvalue weighted by Crippen LogP contribution is 2.30. The van der Waals surface area contributed by atoms with Crippen molar-refractivity contribution >= 4 is 5.91 Å². The lowest BCUT2D eigenvalue weighted by Gasteiger charge is -2.13. The molecule has 1 aromatic carbocycles. The zero-order chi connectivity index (χ0) is 15.0. The molecule has 1 heterocycles. The van der Waals surface area contributed by atoms with Crippen molar-refractivity contribution in [3.05, 3.63) is 47.0 Å². The van der Waals surface area contributed by atoms with Crippen molar-refractivity contribution in [2.75, 3.05) is 0 Å². The molecule has 5 heteroatoms. The van der Waals surface area contributed by atoms with Crippen LogP contribution in [-0.2, 0) is 11.8 Å². The first-order valence-corrected chi connectivity index (χ1v) is 7.27. The van der Waals surface area contributed by atoms with E-state index in [9.17, 15) is 4.79 Å². The maximum atomic E-state index is 12.3. The largest absolute Gasteiger partial charge is 0.342 e. The molecule has 1 aromatic heterocycles. The number of aromatic nitrogens is 3. The van der Waals surface area contributed by atoms with Crippen LogP contribution in [-0.4, -0.2) is 21.1 Å². The van der Waals surface area contributed by atoms with E-state index in [2.05, 4.69) is 32.6 Å². The smallest absolute Gasteiger partial charge is 0.291 e. The average Bonchev–Trinajstić information content (AvgIpc) is 3.05. The fourth-order valence-electron chi connectivity index (χ4n) is 2.63. The minimum atomic E-state index is -0.219. The monoisotopic (exact) mass is 284 g/mol. The number of benzene rings is 1. The van der Waals surface area contributed by atoms with Crippen LogP contribution in [0.25, 0.3) is 0 Å². The minimum absolute atomic E-state index is 0.0605. The Kier molecular flexibility index (Phi) is 3.27. The Morgan fingerprint density at radius 2 is 2.10 bits per heavy atom. The lowest BCUT2D eigenvalue weighted by atomic mass is 9.96. The molecule has 5 nitrogen and oxygen atoms in total. The summed E-state index contributed by atoms with van der Waals surface area (Å²) >= 11 is 0. The van der Waals surface area contributed by atoms with Crippen LogP contribution in [0.5, 0.6) is 0 Å². The molecule has 1 aliphatic carbocycles. The number of aromatic amines is 1. The van der Waals surface area contributed by atoms with Crippen LogP contribution in [0.4, 0.5) is 0 Å². The quantitative estimate of drug-likeness (QED) is 0.890. The molecule has 2 N–H and O–H groups in total. The number of carbonyl (C=O) groups is 1. The van der Waals surface area contributed by atoms with Gasteiger partial charge in [0, 0.05) is 5.41 Å². The molecule has 0 saturated heterocycles. The predicted molar refractivity (Wildman–Crippen MR) is 80.1 cm³/mol. The number of amides is 1. The Morgan fingerprint density at radius 1 is 1.33 bits per heavy atom. The van der Waals surface area contributed by atoms with E-state index < -0.39 is 0 Å². The highest BCUT2D eigenvalue weighted by atomic mass is 16.2. The van der Waals surface area contributed by atoms with Gasteiger partial charge in [-0.2, -0.15) is 0 Å². The summed E-state index contributed by atoms with van der Waals surface area (Å²) in [6.07, 6.45) is 1.93. The van der Waals surface area contributed by atoms with Crippen LogP contribution >= 0.6 is 0 Å². The fourth-order valence-corrected chi connectivity index (χ4v) is 2.63. The molecular formula is C16H20N4O. The zero-order valence-corrected chi connectivity index (χ0v) is 12.6.